The van der Waals surface area contributed by atoms with Gasteiger partial charge in [-0.1, -0.05) is 18.2 Å². The highest BCUT2D eigenvalue weighted by molar-refractivity contribution is 5.86. The standard InChI is InChI=1S/C17H19F3N4O3/c1-21-16(24-11-15(25)22-10-13-6-4-8-26-13)23-9-12-5-2-3-7-14(12)27-17(18,19)20/h2-8H,9-11H2,1H3,(H,22,25)(H2,21,23,24). The van der Waals surface area contributed by atoms with Crippen LogP contribution in [0.5, 0.6) is 5.75 Å². The first-order chi connectivity index (χ1) is 12.9. The Morgan fingerprint density at radius 2 is 1.89 bits per heavy atom. The fraction of sp³-hybridized carbons (Fsp3) is 0.294. The van der Waals surface area contributed by atoms with Crippen molar-refractivity contribution in [3.05, 3.63) is 54.0 Å². The summed E-state index contributed by atoms with van der Waals surface area (Å²) in [6, 6.07) is 9.21. The Labute approximate surface area is 153 Å². The van der Waals surface area contributed by atoms with E-state index in [1.165, 1.54) is 31.5 Å². The van der Waals surface area contributed by atoms with Crippen molar-refractivity contribution < 1.29 is 27.1 Å². The number of carbonyl (C=O) groups excluding carboxylic acids is 1. The summed E-state index contributed by atoms with van der Waals surface area (Å²) in [6.07, 6.45) is -3.27. The number of nitrogens with zero attached hydrogens (tertiary/aromatic N) is 1. The number of amides is 1. The average Bonchev–Trinajstić information content (AvgIpc) is 3.13. The lowest BCUT2D eigenvalue weighted by atomic mass is 10.2. The third kappa shape index (κ3) is 7.30. The molecule has 0 unspecified atom stereocenters. The van der Waals surface area contributed by atoms with Crippen LogP contribution in [0.15, 0.2) is 52.1 Å². The van der Waals surface area contributed by atoms with E-state index < -0.39 is 6.36 Å². The minimum Gasteiger partial charge on any atom is -0.467 e. The Hall–Kier alpha value is -3.17. The number of benzene rings is 1. The molecular weight excluding hydrogens is 365 g/mol. The molecule has 0 fully saturated rings. The molecule has 0 spiro atoms. The summed E-state index contributed by atoms with van der Waals surface area (Å²) in [6.45, 7) is 0.211. The molecule has 7 nitrogen and oxygen atoms in total. The highest BCUT2D eigenvalue weighted by atomic mass is 19.4. The van der Waals surface area contributed by atoms with Gasteiger partial charge in [0.1, 0.15) is 11.5 Å². The molecule has 1 heterocycles. The number of alkyl halides is 3. The van der Waals surface area contributed by atoms with Crippen LogP contribution in [0.4, 0.5) is 13.2 Å². The smallest absolute Gasteiger partial charge is 0.467 e. The first kappa shape index (κ1) is 20.1. The fourth-order valence-corrected chi connectivity index (χ4v) is 2.10. The van der Waals surface area contributed by atoms with Crippen molar-refractivity contribution in [1.29, 1.82) is 0 Å². The van der Waals surface area contributed by atoms with Crippen LogP contribution in [0.2, 0.25) is 0 Å². The number of hydrogen-bond donors (Lipinski definition) is 3. The molecule has 0 bridgehead atoms. The molecule has 0 atom stereocenters. The van der Waals surface area contributed by atoms with Crippen molar-refractivity contribution in [2.45, 2.75) is 19.5 Å². The molecule has 1 amide bonds. The third-order valence-corrected chi connectivity index (χ3v) is 3.32. The first-order valence-corrected chi connectivity index (χ1v) is 7.94. The van der Waals surface area contributed by atoms with Crippen LogP contribution >= 0.6 is 0 Å². The molecule has 2 aromatic rings. The lowest BCUT2D eigenvalue weighted by molar-refractivity contribution is -0.274. The Bertz CT molecular complexity index is 761. The van der Waals surface area contributed by atoms with E-state index in [4.69, 9.17) is 4.42 Å². The lowest BCUT2D eigenvalue weighted by Crippen LogP contribution is -2.42. The van der Waals surface area contributed by atoms with Gasteiger partial charge in [0.05, 0.1) is 19.4 Å². The normalized spacial score (nSPS) is 11.8. The van der Waals surface area contributed by atoms with E-state index in [2.05, 4.69) is 25.7 Å². The fourth-order valence-electron chi connectivity index (χ4n) is 2.10. The predicted octanol–water partition coefficient (Wildman–Crippen LogP) is 2.16. The second-order valence-electron chi connectivity index (χ2n) is 5.29. The molecule has 0 aliphatic heterocycles. The second-order valence-corrected chi connectivity index (χ2v) is 5.29. The van der Waals surface area contributed by atoms with E-state index in [9.17, 15) is 18.0 Å². The summed E-state index contributed by atoms with van der Waals surface area (Å²) < 4.78 is 46.4. The molecule has 0 aliphatic carbocycles. The number of carbonyl (C=O) groups is 1. The van der Waals surface area contributed by atoms with Gasteiger partial charge in [-0.3, -0.25) is 9.79 Å². The molecule has 10 heteroatoms. The maximum atomic E-state index is 12.4. The zero-order valence-electron chi connectivity index (χ0n) is 14.5. The zero-order valence-corrected chi connectivity index (χ0v) is 14.5. The summed E-state index contributed by atoms with van der Waals surface area (Å²) >= 11 is 0. The highest BCUT2D eigenvalue weighted by Crippen LogP contribution is 2.25. The van der Waals surface area contributed by atoms with Crippen molar-refractivity contribution in [2.24, 2.45) is 4.99 Å². The van der Waals surface area contributed by atoms with Crippen molar-refractivity contribution in [1.82, 2.24) is 16.0 Å². The van der Waals surface area contributed by atoms with Crippen LogP contribution in [-0.4, -0.2) is 31.8 Å². The van der Waals surface area contributed by atoms with Gasteiger partial charge in [0.2, 0.25) is 5.91 Å². The molecule has 146 valence electrons. The van der Waals surface area contributed by atoms with E-state index in [0.29, 0.717) is 11.3 Å². The Morgan fingerprint density at radius 3 is 2.56 bits per heavy atom. The zero-order chi connectivity index (χ0) is 19.7. The van der Waals surface area contributed by atoms with Gasteiger partial charge in [0.15, 0.2) is 5.96 Å². The monoisotopic (exact) mass is 384 g/mol. The summed E-state index contributed by atoms with van der Waals surface area (Å²) in [7, 11) is 1.48. The van der Waals surface area contributed by atoms with Gasteiger partial charge in [-0.15, -0.1) is 13.2 Å². The minimum atomic E-state index is -4.78. The number of nitrogens with one attached hydrogen (secondary N) is 3. The average molecular weight is 384 g/mol. The Balaban J connectivity index is 1.81. The topological polar surface area (TPSA) is 87.9 Å². The largest absolute Gasteiger partial charge is 0.573 e. The number of guanidine groups is 1. The van der Waals surface area contributed by atoms with Crippen LogP contribution in [0, 0.1) is 0 Å². The van der Waals surface area contributed by atoms with Gasteiger partial charge in [0.25, 0.3) is 0 Å². The predicted molar refractivity (Wildman–Crippen MR) is 91.9 cm³/mol. The van der Waals surface area contributed by atoms with E-state index in [-0.39, 0.29) is 37.3 Å². The number of para-hydroxylation sites is 1. The molecular formula is C17H19F3N4O3. The first-order valence-electron chi connectivity index (χ1n) is 7.94. The number of furan rings is 1. The number of ether oxygens (including phenoxy) is 1. The van der Waals surface area contributed by atoms with Crippen LogP contribution in [0.3, 0.4) is 0 Å². The number of hydrogen-bond acceptors (Lipinski definition) is 4. The third-order valence-electron chi connectivity index (χ3n) is 3.32. The summed E-state index contributed by atoms with van der Waals surface area (Å²) in [5.41, 5.74) is 0.292. The maximum Gasteiger partial charge on any atom is 0.573 e. The number of rotatable bonds is 7. The van der Waals surface area contributed by atoms with Crippen LogP contribution in [0.25, 0.3) is 0 Å². The highest BCUT2D eigenvalue weighted by Gasteiger charge is 2.31. The van der Waals surface area contributed by atoms with Gasteiger partial charge >= 0.3 is 6.36 Å². The van der Waals surface area contributed by atoms with Gasteiger partial charge in [-0.05, 0) is 18.2 Å². The van der Waals surface area contributed by atoms with Gasteiger partial charge in [0, 0.05) is 19.2 Å². The molecule has 0 saturated carbocycles. The van der Waals surface area contributed by atoms with E-state index in [0.717, 1.165) is 0 Å². The number of halogens is 3. The Morgan fingerprint density at radius 1 is 1.11 bits per heavy atom. The van der Waals surface area contributed by atoms with Crippen LogP contribution < -0.4 is 20.7 Å². The maximum absolute atomic E-state index is 12.4. The van der Waals surface area contributed by atoms with Crippen molar-refractivity contribution in [3.8, 4) is 5.75 Å². The Kier molecular flexibility index (Phi) is 7.09. The summed E-state index contributed by atoms with van der Waals surface area (Å²) in [4.78, 5) is 15.7. The van der Waals surface area contributed by atoms with E-state index in [1.807, 2.05) is 0 Å². The lowest BCUT2D eigenvalue weighted by Gasteiger charge is -2.15. The molecule has 0 saturated heterocycles. The van der Waals surface area contributed by atoms with E-state index >= 15 is 0 Å². The summed E-state index contributed by atoms with van der Waals surface area (Å²) in [5, 5.41) is 8.25. The van der Waals surface area contributed by atoms with Gasteiger partial charge in [-0.2, -0.15) is 0 Å². The minimum absolute atomic E-state index is 0.0277. The van der Waals surface area contributed by atoms with Gasteiger partial charge < -0.3 is 25.1 Å². The molecule has 3 N–H and O–H groups in total. The second kappa shape index (κ2) is 9.51. The molecule has 27 heavy (non-hydrogen) atoms. The molecule has 1 aromatic carbocycles. The van der Waals surface area contributed by atoms with Crippen molar-refractivity contribution >= 4 is 11.9 Å². The van der Waals surface area contributed by atoms with Crippen molar-refractivity contribution in [2.75, 3.05) is 13.6 Å². The molecule has 0 radical (unpaired) electrons. The summed E-state index contributed by atoms with van der Waals surface area (Å²) in [5.74, 6) is 0.274. The molecule has 2 rings (SSSR count). The van der Waals surface area contributed by atoms with Crippen molar-refractivity contribution in [3.63, 3.8) is 0 Å². The number of aliphatic imine (C=N–C) groups is 1. The van der Waals surface area contributed by atoms with E-state index in [1.54, 1.807) is 18.2 Å². The van der Waals surface area contributed by atoms with Crippen LogP contribution in [0.1, 0.15) is 11.3 Å². The van der Waals surface area contributed by atoms with Gasteiger partial charge in [-0.25, -0.2) is 0 Å². The van der Waals surface area contributed by atoms with Crippen LogP contribution in [-0.2, 0) is 17.9 Å². The molecule has 0 aliphatic rings. The molecule has 1 aromatic heterocycles. The SMILES string of the molecule is CN=C(NCC(=O)NCc1ccco1)NCc1ccccc1OC(F)(F)F. The quantitative estimate of drug-likeness (QED) is 0.503.